The molecular formula is C17H16FNO2. The highest BCUT2D eigenvalue weighted by atomic mass is 19.1. The van der Waals surface area contributed by atoms with E-state index in [1.807, 2.05) is 0 Å². The fourth-order valence-corrected chi connectivity index (χ4v) is 2.83. The molecule has 0 saturated carbocycles. The highest BCUT2D eigenvalue weighted by molar-refractivity contribution is 6.05. The van der Waals surface area contributed by atoms with Crippen LogP contribution in [0.5, 0.6) is 5.75 Å². The van der Waals surface area contributed by atoms with E-state index in [0.717, 1.165) is 36.8 Å². The maximum Gasteiger partial charge on any atom is 0.255 e. The Kier molecular flexibility index (Phi) is 3.60. The smallest absolute Gasteiger partial charge is 0.255 e. The number of hydrogen-bond acceptors (Lipinski definition) is 2. The van der Waals surface area contributed by atoms with E-state index in [0.29, 0.717) is 11.3 Å². The van der Waals surface area contributed by atoms with Gasteiger partial charge in [-0.3, -0.25) is 4.79 Å². The number of amides is 1. The average molecular weight is 285 g/mol. The van der Waals surface area contributed by atoms with Gasteiger partial charge in [0.25, 0.3) is 5.91 Å². The van der Waals surface area contributed by atoms with Crippen molar-refractivity contribution in [2.75, 3.05) is 5.32 Å². The lowest BCUT2D eigenvalue weighted by Crippen LogP contribution is -2.17. The number of phenols is 1. The minimum Gasteiger partial charge on any atom is -0.508 e. The van der Waals surface area contributed by atoms with Gasteiger partial charge in [-0.2, -0.15) is 0 Å². The zero-order valence-corrected chi connectivity index (χ0v) is 11.5. The van der Waals surface area contributed by atoms with Crippen LogP contribution in [0.4, 0.5) is 10.1 Å². The van der Waals surface area contributed by atoms with Crippen LogP contribution in [-0.2, 0) is 12.8 Å². The molecule has 21 heavy (non-hydrogen) atoms. The molecule has 0 spiro atoms. The highest BCUT2D eigenvalue weighted by Gasteiger charge is 2.20. The van der Waals surface area contributed by atoms with Crippen molar-refractivity contribution in [3.63, 3.8) is 0 Å². The van der Waals surface area contributed by atoms with Crippen LogP contribution in [0.1, 0.15) is 34.3 Å². The molecule has 0 aliphatic heterocycles. The summed E-state index contributed by atoms with van der Waals surface area (Å²) in [6.07, 6.45) is 3.62. The summed E-state index contributed by atoms with van der Waals surface area (Å²) in [6.45, 7) is 0. The Bertz CT molecular complexity index is 697. The Hall–Kier alpha value is -2.36. The number of aromatic hydroxyl groups is 1. The van der Waals surface area contributed by atoms with Gasteiger partial charge in [-0.15, -0.1) is 0 Å². The number of benzene rings is 2. The van der Waals surface area contributed by atoms with Crippen LogP contribution in [0.15, 0.2) is 36.4 Å². The fourth-order valence-electron chi connectivity index (χ4n) is 2.83. The molecule has 2 N–H and O–H groups in total. The van der Waals surface area contributed by atoms with Gasteiger partial charge in [0.1, 0.15) is 11.6 Å². The first-order valence-corrected chi connectivity index (χ1v) is 7.06. The van der Waals surface area contributed by atoms with Crippen molar-refractivity contribution in [1.29, 1.82) is 0 Å². The Labute approximate surface area is 122 Å². The second-order valence-electron chi connectivity index (χ2n) is 5.26. The Balaban J connectivity index is 1.91. The SMILES string of the molecule is O=C(Nc1cccc(F)c1)c1ccc(O)c2c1CCCC2. The standard InChI is InChI=1S/C17H16FNO2/c18-11-4-3-5-12(10-11)19-17(21)15-8-9-16(20)14-7-2-1-6-13(14)15/h3-5,8-10,20H,1-2,6-7H2,(H,19,21). The number of carbonyl (C=O) groups is 1. The topological polar surface area (TPSA) is 49.3 Å². The first-order valence-electron chi connectivity index (χ1n) is 7.06. The third-order valence-corrected chi connectivity index (χ3v) is 3.84. The summed E-state index contributed by atoms with van der Waals surface area (Å²) in [5.41, 5.74) is 2.77. The Morgan fingerprint density at radius 2 is 1.86 bits per heavy atom. The number of rotatable bonds is 2. The predicted molar refractivity (Wildman–Crippen MR) is 79.1 cm³/mol. The summed E-state index contributed by atoms with van der Waals surface area (Å²) in [7, 11) is 0. The van der Waals surface area contributed by atoms with Gasteiger partial charge in [-0.1, -0.05) is 6.07 Å². The molecule has 1 aliphatic rings. The normalized spacial score (nSPS) is 13.6. The van der Waals surface area contributed by atoms with Crippen molar-refractivity contribution in [3.8, 4) is 5.75 Å². The van der Waals surface area contributed by atoms with Gasteiger partial charge in [-0.05, 0) is 67.1 Å². The zero-order valence-electron chi connectivity index (χ0n) is 11.5. The summed E-state index contributed by atoms with van der Waals surface area (Å²) >= 11 is 0. The van der Waals surface area contributed by atoms with Crippen molar-refractivity contribution in [2.45, 2.75) is 25.7 Å². The van der Waals surface area contributed by atoms with Crippen molar-refractivity contribution >= 4 is 11.6 Å². The lowest BCUT2D eigenvalue weighted by atomic mass is 9.87. The number of hydrogen-bond donors (Lipinski definition) is 2. The molecule has 0 fully saturated rings. The summed E-state index contributed by atoms with van der Waals surface area (Å²) in [6, 6.07) is 9.01. The molecular weight excluding hydrogens is 269 g/mol. The van der Waals surface area contributed by atoms with Gasteiger partial charge >= 0.3 is 0 Å². The van der Waals surface area contributed by atoms with E-state index in [9.17, 15) is 14.3 Å². The molecule has 2 aromatic rings. The summed E-state index contributed by atoms with van der Waals surface area (Å²) in [5.74, 6) is -0.397. The van der Waals surface area contributed by atoms with Crippen LogP contribution < -0.4 is 5.32 Å². The van der Waals surface area contributed by atoms with E-state index in [4.69, 9.17) is 0 Å². The molecule has 3 nitrogen and oxygen atoms in total. The van der Waals surface area contributed by atoms with E-state index in [1.165, 1.54) is 12.1 Å². The molecule has 0 atom stereocenters. The maximum absolute atomic E-state index is 13.2. The number of nitrogens with one attached hydrogen (secondary N) is 1. The molecule has 1 aliphatic carbocycles. The largest absolute Gasteiger partial charge is 0.508 e. The van der Waals surface area contributed by atoms with Crippen molar-refractivity contribution in [3.05, 3.63) is 58.9 Å². The lowest BCUT2D eigenvalue weighted by Gasteiger charge is -2.20. The first kappa shape index (κ1) is 13.6. The monoisotopic (exact) mass is 285 g/mol. The van der Waals surface area contributed by atoms with Gasteiger partial charge in [-0.25, -0.2) is 4.39 Å². The molecule has 0 bridgehead atoms. The van der Waals surface area contributed by atoms with E-state index < -0.39 is 0 Å². The molecule has 2 aromatic carbocycles. The van der Waals surface area contributed by atoms with E-state index >= 15 is 0 Å². The van der Waals surface area contributed by atoms with Crippen LogP contribution in [0, 0.1) is 5.82 Å². The molecule has 0 saturated heterocycles. The predicted octanol–water partition coefficient (Wildman–Crippen LogP) is 3.66. The second-order valence-corrected chi connectivity index (χ2v) is 5.26. The summed E-state index contributed by atoms with van der Waals surface area (Å²) < 4.78 is 13.2. The maximum atomic E-state index is 13.2. The molecule has 108 valence electrons. The number of fused-ring (bicyclic) bond motifs is 1. The van der Waals surface area contributed by atoms with Gasteiger partial charge in [0.2, 0.25) is 0 Å². The van der Waals surface area contributed by atoms with Crippen LogP contribution in [-0.4, -0.2) is 11.0 Å². The number of phenolic OH excluding ortho intramolecular Hbond substituents is 1. The van der Waals surface area contributed by atoms with Gasteiger partial charge in [0.15, 0.2) is 0 Å². The van der Waals surface area contributed by atoms with Crippen molar-refractivity contribution in [2.24, 2.45) is 0 Å². The minimum absolute atomic E-state index is 0.256. The quantitative estimate of drug-likeness (QED) is 0.884. The highest BCUT2D eigenvalue weighted by Crippen LogP contribution is 2.31. The third-order valence-electron chi connectivity index (χ3n) is 3.84. The molecule has 0 unspecified atom stereocenters. The first-order chi connectivity index (χ1) is 10.1. The minimum atomic E-state index is -0.388. The molecule has 4 heteroatoms. The molecule has 0 heterocycles. The zero-order chi connectivity index (χ0) is 14.8. The van der Waals surface area contributed by atoms with Crippen LogP contribution in [0.2, 0.25) is 0 Å². The number of halogens is 1. The number of anilines is 1. The Morgan fingerprint density at radius 1 is 1.10 bits per heavy atom. The Morgan fingerprint density at radius 3 is 2.62 bits per heavy atom. The van der Waals surface area contributed by atoms with Crippen LogP contribution in [0.25, 0.3) is 0 Å². The van der Waals surface area contributed by atoms with Crippen LogP contribution >= 0.6 is 0 Å². The molecule has 0 aromatic heterocycles. The van der Waals surface area contributed by atoms with Gasteiger partial charge in [0, 0.05) is 11.3 Å². The fraction of sp³-hybridized carbons (Fsp3) is 0.235. The van der Waals surface area contributed by atoms with E-state index in [2.05, 4.69) is 5.32 Å². The number of carbonyl (C=O) groups excluding carboxylic acids is 1. The van der Waals surface area contributed by atoms with E-state index in [-0.39, 0.29) is 17.5 Å². The van der Waals surface area contributed by atoms with Gasteiger partial charge in [0.05, 0.1) is 0 Å². The third kappa shape index (κ3) is 2.75. The molecule has 0 radical (unpaired) electrons. The summed E-state index contributed by atoms with van der Waals surface area (Å²) in [4.78, 5) is 12.4. The van der Waals surface area contributed by atoms with Crippen molar-refractivity contribution < 1.29 is 14.3 Å². The molecule has 3 rings (SSSR count). The van der Waals surface area contributed by atoms with Crippen molar-refractivity contribution in [1.82, 2.24) is 0 Å². The summed E-state index contributed by atoms with van der Waals surface area (Å²) in [5, 5.41) is 12.6. The second kappa shape index (κ2) is 5.56. The van der Waals surface area contributed by atoms with Crippen LogP contribution in [0.3, 0.4) is 0 Å². The van der Waals surface area contributed by atoms with Gasteiger partial charge < -0.3 is 10.4 Å². The lowest BCUT2D eigenvalue weighted by molar-refractivity contribution is 0.102. The van der Waals surface area contributed by atoms with E-state index in [1.54, 1.807) is 24.3 Å². The molecule has 1 amide bonds. The average Bonchev–Trinajstić information content (AvgIpc) is 2.48.